The van der Waals surface area contributed by atoms with Crippen molar-refractivity contribution in [3.8, 4) is 0 Å². The van der Waals surface area contributed by atoms with Crippen LogP contribution < -0.4 is 5.32 Å². The Kier molecular flexibility index (Phi) is 4.37. The van der Waals surface area contributed by atoms with Crippen LogP contribution in [0.25, 0.3) is 0 Å². The van der Waals surface area contributed by atoms with E-state index in [0.717, 1.165) is 25.0 Å². The molecular weight excluding hydrogens is 241 g/mol. The molecule has 0 aromatic heterocycles. The highest BCUT2D eigenvalue weighted by Crippen LogP contribution is 2.24. The predicted octanol–water partition coefficient (Wildman–Crippen LogP) is 3.14. The van der Waals surface area contributed by atoms with Gasteiger partial charge in [-0.3, -0.25) is 0 Å². The monoisotopic (exact) mass is 257 g/mol. The molecule has 0 bridgehead atoms. The van der Waals surface area contributed by atoms with Gasteiger partial charge in [-0.2, -0.15) is 0 Å². The maximum Gasteiger partial charge on any atom is 0.123 e. The summed E-state index contributed by atoms with van der Waals surface area (Å²) in [5.41, 5.74) is 0.812. The average Bonchev–Trinajstić information content (AvgIpc) is 2.26. The normalized spacial score (nSPS) is 23.5. The van der Waals surface area contributed by atoms with Gasteiger partial charge in [-0.15, -0.1) is 0 Å². The first-order valence-corrected chi connectivity index (χ1v) is 6.35. The van der Waals surface area contributed by atoms with Crippen LogP contribution in [0.4, 0.5) is 4.39 Å². The Morgan fingerprint density at radius 3 is 2.94 bits per heavy atom. The topological polar surface area (TPSA) is 21.3 Å². The molecule has 0 amide bonds. The second-order valence-corrected chi connectivity index (χ2v) is 4.77. The summed E-state index contributed by atoms with van der Waals surface area (Å²) in [5, 5.41) is 3.97. The quantitative estimate of drug-likeness (QED) is 0.875. The van der Waals surface area contributed by atoms with Crippen molar-refractivity contribution in [3.05, 3.63) is 34.6 Å². The maximum absolute atomic E-state index is 13.0. The number of hydrogen-bond acceptors (Lipinski definition) is 2. The molecule has 2 nitrogen and oxygen atoms in total. The molecule has 4 heteroatoms. The van der Waals surface area contributed by atoms with Gasteiger partial charge in [0.15, 0.2) is 0 Å². The Morgan fingerprint density at radius 2 is 2.24 bits per heavy atom. The summed E-state index contributed by atoms with van der Waals surface area (Å²) in [6.07, 6.45) is 2.45. The Bertz CT molecular complexity index is 380. The van der Waals surface area contributed by atoms with Gasteiger partial charge in [-0.05, 0) is 43.5 Å². The largest absolute Gasteiger partial charge is 0.378 e. The van der Waals surface area contributed by atoms with Crippen molar-refractivity contribution in [3.63, 3.8) is 0 Å². The molecule has 0 atom stereocenters. The van der Waals surface area contributed by atoms with Crippen LogP contribution >= 0.6 is 11.6 Å². The summed E-state index contributed by atoms with van der Waals surface area (Å²) < 4.78 is 18.5. The SMILES string of the molecule is CCOC1CC(NCc2cc(F)ccc2Cl)C1. The van der Waals surface area contributed by atoms with Crippen molar-refractivity contribution < 1.29 is 9.13 Å². The summed E-state index contributed by atoms with van der Waals surface area (Å²) in [6.45, 7) is 3.39. The standard InChI is InChI=1S/C13H17ClFNO/c1-2-17-12-6-11(7-12)16-8-9-5-10(15)3-4-13(9)14/h3-5,11-12,16H,2,6-8H2,1H3. The second-order valence-electron chi connectivity index (χ2n) is 4.36. The maximum atomic E-state index is 13.0. The third kappa shape index (κ3) is 3.41. The van der Waals surface area contributed by atoms with Gasteiger partial charge < -0.3 is 10.1 Å². The first kappa shape index (κ1) is 12.8. The van der Waals surface area contributed by atoms with Crippen LogP contribution in [0.1, 0.15) is 25.3 Å². The molecule has 0 spiro atoms. The van der Waals surface area contributed by atoms with E-state index in [4.69, 9.17) is 16.3 Å². The van der Waals surface area contributed by atoms with Crippen LogP contribution in [0.3, 0.4) is 0 Å². The molecule has 0 saturated heterocycles. The van der Waals surface area contributed by atoms with E-state index in [1.54, 1.807) is 6.07 Å². The third-order valence-electron chi connectivity index (χ3n) is 3.09. The van der Waals surface area contributed by atoms with E-state index in [-0.39, 0.29) is 5.82 Å². The van der Waals surface area contributed by atoms with Gasteiger partial charge in [0.25, 0.3) is 0 Å². The van der Waals surface area contributed by atoms with E-state index < -0.39 is 0 Å². The van der Waals surface area contributed by atoms with Crippen molar-refractivity contribution in [2.75, 3.05) is 6.61 Å². The lowest BCUT2D eigenvalue weighted by Crippen LogP contribution is -2.45. The van der Waals surface area contributed by atoms with Gasteiger partial charge in [0, 0.05) is 24.2 Å². The van der Waals surface area contributed by atoms with Gasteiger partial charge in [0.2, 0.25) is 0 Å². The Morgan fingerprint density at radius 1 is 1.47 bits per heavy atom. The van der Waals surface area contributed by atoms with Crippen molar-refractivity contribution in [1.82, 2.24) is 5.32 Å². The van der Waals surface area contributed by atoms with E-state index >= 15 is 0 Å². The smallest absolute Gasteiger partial charge is 0.123 e. The van der Waals surface area contributed by atoms with Crippen molar-refractivity contribution in [2.24, 2.45) is 0 Å². The summed E-state index contributed by atoms with van der Waals surface area (Å²) >= 11 is 5.99. The Balaban J connectivity index is 1.77. The first-order chi connectivity index (χ1) is 8.19. The van der Waals surface area contributed by atoms with Gasteiger partial charge in [-0.1, -0.05) is 11.6 Å². The van der Waals surface area contributed by atoms with Crippen LogP contribution in [0.2, 0.25) is 5.02 Å². The number of ether oxygens (including phenoxy) is 1. The Labute approximate surface area is 106 Å². The van der Waals surface area contributed by atoms with Gasteiger partial charge in [0.1, 0.15) is 5.82 Å². The van der Waals surface area contributed by atoms with E-state index in [1.807, 2.05) is 6.92 Å². The van der Waals surface area contributed by atoms with Gasteiger partial charge >= 0.3 is 0 Å². The lowest BCUT2D eigenvalue weighted by molar-refractivity contribution is -0.0102. The summed E-state index contributed by atoms with van der Waals surface area (Å²) in [4.78, 5) is 0. The fraction of sp³-hybridized carbons (Fsp3) is 0.538. The number of benzene rings is 1. The molecule has 1 aromatic rings. The predicted molar refractivity (Wildman–Crippen MR) is 66.7 cm³/mol. The number of nitrogens with one attached hydrogen (secondary N) is 1. The highest BCUT2D eigenvalue weighted by molar-refractivity contribution is 6.31. The lowest BCUT2D eigenvalue weighted by Gasteiger charge is -2.35. The zero-order chi connectivity index (χ0) is 12.3. The Hall–Kier alpha value is -0.640. The average molecular weight is 258 g/mol. The van der Waals surface area contributed by atoms with Gasteiger partial charge in [-0.25, -0.2) is 4.39 Å². The molecule has 1 aliphatic rings. The molecule has 1 aliphatic carbocycles. The van der Waals surface area contributed by atoms with Crippen LogP contribution in [0, 0.1) is 5.82 Å². The van der Waals surface area contributed by atoms with E-state index in [9.17, 15) is 4.39 Å². The first-order valence-electron chi connectivity index (χ1n) is 5.98. The van der Waals surface area contributed by atoms with Crippen LogP contribution in [-0.2, 0) is 11.3 Å². The van der Waals surface area contributed by atoms with Gasteiger partial charge in [0.05, 0.1) is 6.10 Å². The highest BCUT2D eigenvalue weighted by Gasteiger charge is 2.28. The molecule has 0 radical (unpaired) electrons. The molecule has 0 unspecified atom stereocenters. The molecule has 2 rings (SSSR count). The lowest BCUT2D eigenvalue weighted by atomic mass is 9.89. The molecule has 17 heavy (non-hydrogen) atoms. The van der Waals surface area contributed by atoms with Crippen molar-refractivity contribution >= 4 is 11.6 Å². The molecule has 0 heterocycles. The summed E-state index contributed by atoms with van der Waals surface area (Å²) in [6, 6.07) is 4.91. The van der Waals surface area contributed by atoms with E-state index in [1.165, 1.54) is 12.1 Å². The summed E-state index contributed by atoms with van der Waals surface area (Å²) in [7, 11) is 0. The minimum absolute atomic E-state index is 0.244. The minimum Gasteiger partial charge on any atom is -0.378 e. The molecule has 0 aliphatic heterocycles. The number of hydrogen-bond donors (Lipinski definition) is 1. The zero-order valence-electron chi connectivity index (χ0n) is 9.88. The number of rotatable bonds is 5. The fourth-order valence-electron chi connectivity index (χ4n) is 2.04. The molecule has 94 valence electrons. The van der Waals surface area contributed by atoms with Crippen molar-refractivity contribution in [1.29, 1.82) is 0 Å². The zero-order valence-corrected chi connectivity index (χ0v) is 10.6. The molecule has 1 aromatic carbocycles. The third-order valence-corrected chi connectivity index (χ3v) is 3.45. The fourth-order valence-corrected chi connectivity index (χ4v) is 2.22. The second kappa shape index (κ2) is 5.80. The highest BCUT2D eigenvalue weighted by atomic mass is 35.5. The summed E-state index contributed by atoms with van der Waals surface area (Å²) in [5.74, 6) is -0.244. The van der Waals surface area contributed by atoms with E-state index in [2.05, 4.69) is 5.32 Å². The molecule has 1 saturated carbocycles. The molecule has 1 N–H and O–H groups in total. The van der Waals surface area contributed by atoms with Crippen LogP contribution in [-0.4, -0.2) is 18.8 Å². The van der Waals surface area contributed by atoms with Crippen LogP contribution in [0.5, 0.6) is 0 Å². The number of halogens is 2. The molecule has 1 fully saturated rings. The van der Waals surface area contributed by atoms with Crippen molar-refractivity contribution in [2.45, 2.75) is 38.5 Å². The van der Waals surface area contributed by atoms with Crippen LogP contribution in [0.15, 0.2) is 18.2 Å². The molecular formula is C13H17ClFNO. The minimum atomic E-state index is -0.244. The van der Waals surface area contributed by atoms with E-state index in [0.29, 0.717) is 23.7 Å².